The second-order valence-corrected chi connectivity index (χ2v) is 8.32. The van der Waals surface area contributed by atoms with Crippen LogP contribution < -0.4 is 5.32 Å². The number of ether oxygens (including phenoxy) is 1. The first-order chi connectivity index (χ1) is 14.6. The molecule has 160 valence electrons. The molecule has 7 nitrogen and oxygen atoms in total. The topological polar surface area (TPSA) is 87.6 Å². The Kier molecular flexibility index (Phi) is 6.82. The van der Waals surface area contributed by atoms with E-state index in [-0.39, 0.29) is 12.5 Å². The minimum Gasteiger partial charge on any atom is -0.396 e. The molecule has 2 aliphatic rings. The molecule has 0 atom stereocenters. The third kappa shape index (κ3) is 4.91. The molecule has 2 fully saturated rings. The standard InChI is InChI=1S/C22H27ClN4O3/c23-21-11-20(26-17-4-1-15(14-28)2-5-17)18(13-25-21)19-6-3-16(12-24-19)22(29)27-7-9-30-10-8-27/h3,6,11-13,15,17,28H,1-2,4-5,7-10,14H2,(H,25,26). The highest BCUT2D eigenvalue weighted by atomic mass is 35.5. The van der Waals surface area contributed by atoms with E-state index >= 15 is 0 Å². The van der Waals surface area contributed by atoms with E-state index in [1.54, 1.807) is 17.3 Å². The van der Waals surface area contributed by atoms with E-state index in [4.69, 9.17) is 16.3 Å². The third-order valence-electron chi connectivity index (χ3n) is 5.92. The average molecular weight is 431 g/mol. The van der Waals surface area contributed by atoms with E-state index in [0.717, 1.165) is 42.6 Å². The number of anilines is 1. The van der Waals surface area contributed by atoms with Crippen molar-refractivity contribution in [1.29, 1.82) is 0 Å². The molecule has 0 spiro atoms. The van der Waals surface area contributed by atoms with Crippen molar-refractivity contribution in [3.8, 4) is 11.3 Å². The lowest BCUT2D eigenvalue weighted by Gasteiger charge is -2.29. The predicted molar refractivity (Wildman–Crippen MR) is 116 cm³/mol. The van der Waals surface area contributed by atoms with E-state index < -0.39 is 0 Å². The highest BCUT2D eigenvalue weighted by Gasteiger charge is 2.22. The van der Waals surface area contributed by atoms with Gasteiger partial charge in [-0.15, -0.1) is 0 Å². The van der Waals surface area contributed by atoms with E-state index in [1.807, 2.05) is 18.2 Å². The quantitative estimate of drug-likeness (QED) is 0.708. The van der Waals surface area contributed by atoms with Gasteiger partial charge in [-0.05, 0) is 49.8 Å². The SMILES string of the molecule is O=C(c1ccc(-c2cnc(Cl)cc2NC2CCC(CO)CC2)nc1)N1CCOCC1. The third-order valence-corrected chi connectivity index (χ3v) is 6.13. The number of aliphatic hydroxyl groups excluding tert-OH is 1. The Morgan fingerprint density at radius 2 is 1.93 bits per heavy atom. The number of nitrogens with one attached hydrogen (secondary N) is 1. The van der Waals surface area contributed by atoms with E-state index in [9.17, 15) is 9.90 Å². The summed E-state index contributed by atoms with van der Waals surface area (Å²) in [4.78, 5) is 23.2. The Balaban J connectivity index is 1.50. The molecule has 8 heteroatoms. The zero-order valence-electron chi connectivity index (χ0n) is 16.9. The van der Waals surface area contributed by atoms with Crippen molar-refractivity contribution in [2.75, 3.05) is 38.2 Å². The van der Waals surface area contributed by atoms with Crippen molar-refractivity contribution < 1.29 is 14.6 Å². The largest absolute Gasteiger partial charge is 0.396 e. The minimum atomic E-state index is -0.0226. The molecule has 2 aromatic heterocycles. The summed E-state index contributed by atoms with van der Waals surface area (Å²) in [5.74, 6) is 0.382. The molecule has 0 unspecified atom stereocenters. The van der Waals surface area contributed by atoms with Gasteiger partial charge in [-0.3, -0.25) is 9.78 Å². The molecule has 3 heterocycles. The van der Waals surface area contributed by atoms with Crippen molar-refractivity contribution in [2.24, 2.45) is 5.92 Å². The first kappa shape index (κ1) is 21.0. The minimum absolute atomic E-state index is 0.0226. The fourth-order valence-corrected chi connectivity index (χ4v) is 4.25. The number of aromatic nitrogens is 2. The molecule has 1 aliphatic carbocycles. The second kappa shape index (κ2) is 9.73. The first-order valence-corrected chi connectivity index (χ1v) is 10.9. The van der Waals surface area contributed by atoms with Gasteiger partial charge in [0, 0.05) is 49.4 Å². The number of amides is 1. The predicted octanol–water partition coefficient (Wildman–Crippen LogP) is 3.23. The van der Waals surface area contributed by atoms with Crippen LogP contribution in [0.15, 0.2) is 30.6 Å². The van der Waals surface area contributed by atoms with Crippen LogP contribution in [0.1, 0.15) is 36.0 Å². The van der Waals surface area contributed by atoms with Gasteiger partial charge in [0.2, 0.25) is 0 Å². The summed E-state index contributed by atoms with van der Waals surface area (Å²) in [6.45, 7) is 2.62. The average Bonchev–Trinajstić information content (AvgIpc) is 2.80. The molecular weight excluding hydrogens is 404 g/mol. The highest BCUT2D eigenvalue weighted by Crippen LogP contribution is 2.32. The van der Waals surface area contributed by atoms with Gasteiger partial charge >= 0.3 is 0 Å². The maximum Gasteiger partial charge on any atom is 0.255 e. The fourth-order valence-electron chi connectivity index (χ4n) is 4.09. The Morgan fingerprint density at radius 3 is 2.60 bits per heavy atom. The van der Waals surface area contributed by atoms with Crippen molar-refractivity contribution in [3.63, 3.8) is 0 Å². The van der Waals surface area contributed by atoms with Gasteiger partial charge in [-0.2, -0.15) is 0 Å². The van der Waals surface area contributed by atoms with Crippen LogP contribution in [0.25, 0.3) is 11.3 Å². The molecule has 2 aromatic rings. The van der Waals surface area contributed by atoms with Gasteiger partial charge in [0.25, 0.3) is 5.91 Å². The number of carbonyl (C=O) groups is 1. The Hall–Kier alpha value is -2.22. The lowest BCUT2D eigenvalue weighted by molar-refractivity contribution is 0.0302. The summed E-state index contributed by atoms with van der Waals surface area (Å²) in [6, 6.07) is 5.81. The molecule has 1 saturated heterocycles. The molecule has 1 aliphatic heterocycles. The zero-order chi connectivity index (χ0) is 20.9. The number of hydrogen-bond acceptors (Lipinski definition) is 6. The van der Waals surface area contributed by atoms with Crippen LogP contribution >= 0.6 is 11.6 Å². The number of rotatable bonds is 5. The van der Waals surface area contributed by atoms with E-state index in [0.29, 0.717) is 49.0 Å². The molecule has 30 heavy (non-hydrogen) atoms. The number of nitrogens with zero attached hydrogens (tertiary/aromatic N) is 3. The van der Waals surface area contributed by atoms with E-state index in [2.05, 4.69) is 15.3 Å². The summed E-state index contributed by atoms with van der Waals surface area (Å²) < 4.78 is 5.31. The van der Waals surface area contributed by atoms with Gasteiger partial charge in [0.1, 0.15) is 5.15 Å². The summed E-state index contributed by atoms with van der Waals surface area (Å²) in [5, 5.41) is 13.4. The van der Waals surface area contributed by atoms with Crippen molar-refractivity contribution in [2.45, 2.75) is 31.7 Å². The molecule has 0 aromatic carbocycles. The van der Waals surface area contributed by atoms with Crippen LogP contribution in [0, 0.1) is 5.92 Å². The molecule has 1 amide bonds. The van der Waals surface area contributed by atoms with Crippen LogP contribution in [-0.2, 0) is 4.74 Å². The van der Waals surface area contributed by atoms with Crippen LogP contribution in [0.3, 0.4) is 0 Å². The van der Waals surface area contributed by atoms with Crippen LogP contribution in [0.5, 0.6) is 0 Å². The van der Waals surface area contributed by atoms with Crippen LogP contribution in [-0.4, -0.2) is 64.8 Å². The molecule has 1 saturated carbocycles. The maximum atomic E-state index is 12.6. The Morgan fingerprint density at radius 1 is 1.17 bits per heavy atom. The smallest absolute Gasteiger partial charge is 0.255 e. The Labute approximate surface area is 181 Å². The van der Waals surface area contributed by atoms with Gasteiger partial charge in [0.05, 0.1) is 24.5 Å². The number of aliphatic hydroxyl groups is 1. The molecule has 0 bridgehead atoms. The van der Waals surface area contributed by atoms with Crippen molar-refractivity contribution in [3.05, 3.63) is 41.3 Å². The van der Waals surface area contributed by atoms with Crippen LogP contribution in [0.4, 0.5) is 5.69 Å². The highest BCUT2D eigenvalue weighted by molar-refractivity contribution is 6.29. The normalized spacial score (nSPS) is 22.0. The number of halogens is 1. The second-order valence-electron chi connectivity index (χ2n) is 7.93. The number of carbonyl (C=O) groups excluding carboxylic acids is 1. The maximum absolute atomic E-state index is 12.6. The monoisotopic (exact) mass is 430 g/mol. The lowest BCUT2D eigenvalue weighted by Crippen LogP contribution is -2.40. The van der Waals surface area contributed by atoms with Crippen LogP contribution in [0.2, 0.25) is 5.15 Å². The van der Waals surface area contributed by atoms with E-state index in [1.165, 1.54) is 0 Å². The molecular formula is C22H27ClN4O3. The molecule has 4 rings (SSSR count). The van der Waals surface area contributed by atoms with Gasteiger partial charge in [-0.25, -0.2) is 4.98 Å². The summed E-state index contributed by atoms with van der Waals surface area (Å²) in [5.41, 5.74) is 3.06. The Bertz CT molecular complexity index is 863. The number of hydrogen-bond donors (Lipinski definition) is 2. The first-order valence-electron chi connectivity index (χ1n) is 10.5. The number of morpholine rings is 1. The van der Waals surface area contributed by atoms with Crippen molar-refractivity contribution >= 4 is 23.2 Å². The molecule has 2 N–H and O–H groups in total. The van der Waals surface area contributed by atoms with Gasteiger partial charge < -0.3 is 20.1 Å². The van der Waals surface area contributed by atoms with Gasteiger partial charge in [-0.1, -0.05) is 11.6 Å². The number of pyridine rings is 2. The lowest BCUT2D eigenvalue weighted by atomic mass is 9.86. The summed E-state index contributed by atoms with van der Waals surface area (Å²) >= 11 is 6.16. The summed E-state index contributed by atoms with van der Waals surface area (Å²) in [7, 11) is 0. The summed E-state index contributed by atoms with van der Waals surface area (Å²) in [6.07, 6.45) is 7.38. The fraction of sp³-hybridized carbons (Fsp3) is 0.500. The van der Waals surface area contributed by atoms with Crippen molar-refractivity contribution in [1.82, 2.24) is 14.9 Å². The molecule has 0 radical (unpaired) electrons. The van der Waals surface area contributed by atoms with Gasteiger partial charge in [0.15, 0.2) is 0 Å². The zero-order valence-corrected chi connectivity index (χ0v) is 17.6.